The molecule has 3 aromatic rings. The lowest BCUT2D eigenvalue weighted by atomic mass is 9.98. The van der Waals surface area contributed by atoms with Crippen molar-refractivity contribution in [1.82, 2.24) is 8.87 Å². The molecule has 0 unspecified atom stereocenters. The fraction of sp³-hybridized carbons (Fsp3) is 0.400. The molecule has 0 spiro atoms. The van der Waals surface area contributed by atoms with Gasteiger partial charge in [-0.3, -0.25) is 9.59 Å². The number of hydrogen-bond donors (Lipinski definition) is 0. The van der Waals surface area contributed by atoms with Crippen molar-refractivity contribution in [3.05, 3.63) is 52.8 Å². The van der Waals surface area contributed by atoms with Crippen molar-refractivity contribution in [1.29, 1.82) is 0 Å². The topological polar surface area (TPSA) is 107 Å². The first-order valence-electron chi connectivity index (χ1n) is 11.7. The van der Waals surface area contributed by atoms with E-state index in [1.807, 2.05) is 25.1 Å². The Balaban J connectivity index is 1.53. The second-order valence-corrected chi connectivity index (χ2v) is 11.5. The minimum Gasteiger partial charge on any atom is -0.497 e. The van der Waals surface area contributed by atoms with Gasteiger partial charge >= 0.3 is 5.97 Å². The van der Waals surface area contributed by atoms with Crippen molar-refractivity contribution in [2.75, 3.05) is 26.8 Å². The first kappa shape index (κ1) is 26.1. The summed E-state index contributed by atoms with van der Waals surface area (Å²) in [4.78, 5) is 30.3. The number of thiazole rings is 1. The molecule has 2 aromatic carbocycles. The molecule has 1 aliphatic heterocycles. The third-order valence-corrected chi connectivity index (χ3v) is 9.09. The number of sulfonamides is 1. The largest absolute Gasteiger partial charge is 0.497 e. The van der Waals surface area contributed by atoms with Gasteiger partial charge in [-0.15, -0.1) is 0 Å². The molecule has 36 heavy (non-hydrogen) atoms. The summed E-state index contributed by atoms with van der Waals surface area (Å²) in [5.41, 5.74) is 1.88. The predicted molar refractivity (Wildman–Crippen MR) is 136 cm³/mol. The summed E-state index contributed by atoms with van der Waals surface area (Å²) < 4.78 is 40.3. The summed E-state index contributed by atoms with van der Waals surface area (Å²) in [7, 11) is -2.14. The van der Waals surface area contributed by atoms with Crippen LogP contribution in [0.5, 0.6) is 5.75 Å². The number of carbonyl (C=O) groups is 2. The SMILES string of the molecule is CCOC(=O)Cn1c(=NC(=O)C2CCN(S(=O)(=O)c3ccc(OC)cc3)CC2)sc2cc(C)ccc21. The van der Waals surface area contributed by atoms with Gasteiger partial charge in [-0.25, -0.2) is 8.42 Å². The average Bonchev–Trinajstić information content (AvgIpc) is 3.19. The lowest BCUT2D eigenvalue weighted by Crippen LogP contribution is -2.40. The number of methoxy groups -OCH3 is 1. The van der Waals surface area contributed by atoms with Crippen LogP contribution in [0.25, 0.3) is 10.2 Å². The molecule has 1 saturated heterocycles. The molecule has 0 aliphatic carbocycles. The van der Waals surface area contributed by atoms with Crippen molar-refractivity contribution < 1.29 is 27.5 Å². The van der Waals surface area contributed by atoms with Crippen LogP contribution in [0.3, 0.4) is 0 Å². The van der Waals surface area contributed by atoms with Crippen LogP contribution < -0.4 is 9.54 Å². The van der Waals surface area contributed by atoms with E-state index in [1.54, 1.807) is 23.6 Å². The molecule has 1 amide bonds. The van der Waals surface area contributed by atoms with Crippen molar-refractivity contribution in [2.24, 2.45) is 10.9 Å². The van der Waals surface area contributed by atoms with Gasteiger partial charge in [0.15, 0.2) is 4.80 Å². The molecule has 9 nitrogen and oxygen atoms in total. The minimum atomic E-state index is -3.66. The van der Waals surface area contributed by atoms with Crippen molar-refractivity contribution >= 4 is 43.5 Å². The highest BCUT2D eigenvalue weighted by Gasteiger charge is 2.32. The molecule has 1 fully saturated rings. The Kier molecular flexibility index (Phi) is 7.91. The zero-order chi connectivity index (χ0) is 25.9. The van der Waals surface area contributed by atoms with Crippen LogP contribution in [0.4, 0.5) is 0 Å². The number of fused-ring (bicyclic) bond motifs is 1. The smallest absolute Gasteiger partial charge is 0.326 e. The average molecular weight is 532 g/mol. The number of aromatic nitrogens is 1. The van der Waals surface area contributed by atoms with E-state index >= 15 is 0 Å². The van der Waals surface area contributed by atoms with Gasteiger partial charge in [-0.05, 0) is 68.7 Å². The number of hydrogen-bond acceptors (Lipinski definition) is 7. The second kappa shape index (κ2) is 10.9. The molecule has 2 heterocycles. The molecule has 0 radical (unpaired) electrons. The van der Waals surface area contributed by atoms with Crippen LogP contribution in [0.15, 0.2) is 52.4 Å². The standard InChI is InChI=1S/C25H29N3O6S2/c1-4-34-23(29)16-28-21-10-5-17(2)15-22(21)35-25(28)26-24(30)18-11-13-27(14-12-18)36(31,32)20-8-6-19(33-3)7-9-20/h5-10,15,18H,4,11-14,16H2,1-3H3. The second-order valence-electron chi connectivity index (χ2n) is 8.55. The molecule has 1 aromatic heterocycles. The highest BCUT2D eigenvalue weighted by atomic mass is 32.2. The van der Waals surface area contributed by atoms with Gasteiger partial charge in [0, 0.05) is 19.0 Å². The zero-order valence-electron chi connectivity index (χ0n) is 20.5. The highest BCUT2D eigenvalue weighted by molar-refractivity contribution is 7.89. The number of esters is 1. The van der Waals surface area contributed by atoms with Gasteiger partial charge in [-0.1, -0.05) is 17.4 Å². The Bertz CT molecular complexity index is 1430. The number of piperidine rings is 1. The van der Waals surface area contributed by atoms with Crippen LogP contribution in [-0.2, 0) is 30.9 Å². The molecule has 192 valence electrons. The minimum absolute atomic E-state index is 0.0401. The Labute approximate surface area is 214 Å². The number of benzene rings is 2. The van der Waals surface area contributed by atoms with E-state index in [2.05, 4.69) is 4.99 Å². The Morgan fingerprint density at radius 2 is 1.81 bits per heavy atom. The summed E-state index contributed by atoms with van der Waals surface area (Å²) in [6.45, 7) is 4.41. The maximum Gasteiger partial charge on any atom is 0.326 e. The maximum atomic E-state index is 13.1. The summed E-state index contributed by atoms with van der Waals surface area (Å²) in [6.07, 6.45) is 0.749. The monoisotopic (exact) mass is 531 g/mol. The van der Waals surface area contributed by atoms with E-state index in [-0.39, 0.29) is 37.0 Å². The molecular weight excluding hydrogens is 502 g/mol. The molecule has 0 atom stereocenters. The van der Waals surface area contributed by atoms with E-state index in [0.29, 0.717) is 23.4 Å². The van der Waals surface area contributed by atoms with E-state index in [9.17, 15) is 18.0 Å². The number of ether oxygens (including phenoxy) is 2. The molecule has 0 N–H and O–H groups in total. The third kappa shape index (κ3) is 5.53. The lowest BCUT2D eigenvalue weighted by Gasteiger charge is -2.29. The number of amides is 1. The number of carbonyl (C=O) groups excluding carboxylic acids is 2. The lowest BCUT2D eigenvalue weighted by molar-refractivity contribution is -0.143. The van der Waals surface area contributed by atoms with E-state index in [4.69, 9.17) is 9.47 Å². The first-order chi connectivity index (χ1) is 17.2. The Morgan fingerprint density at radius 1 is 1.11 bits per heavy atom. The molecule has 11 heteroatoms. The van der Waals surface area contributed by atoms with Gasteiger partial charge < -0.3 is 14.0 Å². The van der Waals surface area contributed by atoms with Crippen LogP contribution >= 0.6 is 11.3 Å². The molecule has 0 bridgehead atoms. The van der Waals surface area contributed by atoms with Gasteiger partial charge in [0.25, 0.3) is 5.91 Å². The van der Waals surface area contributed by atoms with E-state index in [0.717, 1.165) is 15.8 Å². The van der Waals surface area contributed by atoms with Crippen molar-refractivity contribution in [2.45, 2.75) is 38.1 Å². The van der Waals surface area contributed by atoms with Crippen LogP contribution in [-0.4, -0.2) is 56.0 Å². The molecular formula is C25H29N3O6S2. The van der Waals surface area contributed by atoms with Gasteiger partial charge in [0.05, 0.1) is 28.8 Å². The summed E-state index contributed by atoms with van der Waals surface area (Å²) in [5, 5.41) is 0. The molecule has 1 aliphatic rings. The highest BCUT2D eigenvalue weighted by Crippen LogP contribution is 2.26. The summed E-state index contributed by atoms with van der Waals surface area (Å²) in [5.74, 6) is -0.520. The van der Waals surface area contributed by atoms with Crippen molar-refractivity contribution in [3.63, 3.8) is 0 Å². The summed E-state index contributed by atoms with van der Waals surface area (Å²) >= 11 is 1.35. The molecule has 4 rings (SSSR count). The first-order valence-corrected chi connectivity index (χ1v) is 14.0. The van der Waals surface area contributed by atoms with Crippen molar-refractivity contribution in [3.8, 4) is 5.75 Å². The Hall–Kier alpha value is -3.02. The van der Waals surface area contributed by atoms with Crippen LogP contribution in [0.1, 0.15) is 25.3 Å². The number of aryl methyl sites for hydroxylation is 1. The number of nitrogens with zero attached hydrogens (tertiary/aromatic N) is 3. The number of rotatable bonds is 7. The zero-order valence-corrected chi connectivity index (χ0v) is 22.1. The fourth-order valence-corrected chi connectivity index (χ4v) is 6.78. The summed E-state index contributed by atoms with van der Waals surface area (Å²) in [6, 6.07) is 12.1. The van der Waals surface area contributed by atoms with E-state index < -0.39 is 21.9 Å². The van der Waals surface area contributed by atoms with Gasteiger partial charge in [0.2, 0.25) is 10.0 Å². The predicted octanol–water partition coefficient (Wildman–Crippen LogP) is 3.11. The maximum absolute atomic E-state index is 13.1. The molecule has 0 saturated carbocycles. The fourth-order valence-electron chi connectivity index (χ4n) is 4.18. The van der Waals surface area contributed by atoms with Gasteiger partial charge in [-0.2, -0.15) is 9.30 Å². The van der Waals surface area contributed by atoms with E-state index in [1.165, 1.54) is 34.9 Å². The van der Waals surface area contributed by atoms with Gasteiger partial charge in [0.1, 0.15) is 12.3 Å². The quantitative estimate of drug-likeness (QED) is 0.434. The van der Waals surface area contributed by atoms with Crippen LogP contribution in [0, 0.1) is 12.8 Å². The Morgan fingerprint density at radius 3 is 2.44 bits per heavy atom. The normalized spacial score (nSPS) is 15.8. The van der Waals surface area contributed by atoms with Crippen LogP contribution in [0.2, 0.25) is 0 Å². The third-order valence-electron chi connectivity index (χ3n) is 6.14.